The summed E-state index contributed by atoms with van der Waals surface area (Å²) in [6.07, 6.45) is -4.46. The lowest BCUT2D eigenvalue weighted by Gasteiger charge is -2.19. The number of hydrogen-bond acceptors (Lipinski definition) is 8. The van der Waals surface area contributed by atoms with Gasteiger partial charge in [0.15, 0.2) is 5.82 Å². The molecular weight excluding hydrogens is 463 g/mol. The minimum Gasteiger partial charge on any atom is -0.477 e. The Kier molecular flexibility index (Phi) is 6.30. The third kappa shape index (κ3) is 4.22. The quantitative estimate of drug-likeness (QED) is 0.374. The van der Waals surface area contributed by atoms with Crippen molar-refractivity contribution in [1.82, 2.24) is 20.3 Å². The molecule has 0 aliphatic carbocycles. The van der Waals surface area contributed by atoms with Crippen LogP contribution in [-0.4, -0.2) is 48.3 Å². The van der Waals surface area contributed by atoms with Crippen molar-refractivity contribution < 1.29 is 31.4 Å². The van der Waals surface area contributed by atoms with Gasteiger partial charge in [0.2, 0.25) is 5.88 Å². The molecule has 13 heteroatoms. The van der Waals surface area contributed by atoms with Gasteiger partial charge in [0.05, 0.1) is 25.0 Å². The van der Waals surface area contributed by atoms with E-state index in [-0.39, 0.29) is 35.2 Å². The van der Waals surface area contributed by atoms with Gasteiger partial charge in [-0.2, -0.15) is 23.1 Å². The van der Waals surface area contributed by atoms with Crippen LogP contribution in [0.15, 0.2) is 6.07 Å². The van der Waals surface area contributed by atoms with Crippen LogP contribution in [0, 0.1) is 18.6 Å². The number of halogens is 5. The number of anilines is 2. The predicted molar refractivity (Wildman–Crippen MR) is 115 cm³/mol. The molecule has 0 atom stereocenters. The Morgan fingerprint density at radius 3 is 2.56 bits per heavy atom. The van der Waals surface area contributed by atoms with Crippen molar-refractivity contribution in [2.45, 2.75) is 19.5 Å². The first-order valence-electron chi connectivity index (χ1n) is 10.3. The van der Waals surface area contributed by atoms with E-state index in [1.165, 1.54) is 7.11 Å². The lowest BCUT2D eigenvalue weighted by atomic mass is 9.96. The van der Waals surface area contributed by atoms with Crippen LogP contribution in [0.25, 0.3) is 22.2 Å². The number of aromatic nitrogens is 3. The number of ether oxygens (including phenoxy) is 2. The summed E-state index contributed by atoms with van der Waals surface area (Å²) in [6, 6.07) is 0.493. The molecule has 1 aliphatic heterocycles. The van der Waals surface area contributed by atoms with E-state index < -0.39 is 45.9 Å². The summed E-state index contributed by atoms with van der Waals surface area (Å²) in [6.45, 7) is 2.65. The largest absolute Gasteiger partial charge is 0.477 e. The van der Waals surface area contributed by atoms with Crippen LogP contribution in [-0.2, 0) is 6.18 Å². The van der Waals surface area contributed by atoms with E-state index in [0.29, 0.717) is 32.1 Å². The first kappa shape index (κ1) is 23.7. The zero-order chi connectivity index (χ0) is 24.6. The van der Waals surface area contributed by atoms with Crippen LogP contribution in [0.5, 0.6) is 11.9 Å². The Labute approximate surface area is 190 Å². The Morgan fingerprint density at radius 2 is 1.85 bits per heavy atom. The summed E-state index contributed by atoms with van der Waals surface area (Å²) in [5.41, 5.74) is 1.03. The van der Waals surface area contributed by atoms with E-state index in [1.807, 2.05) is 0 Å². The molecule has 0 bridgehead atoms. The van der Waals surface area contributed by atoms with Gasteiger partial charge in [-0.1, -0.05) is 0 Å². The van der Waals surface area contributed by atoms with Crippen molar-refractivity contribution in [3.63, 3.8) is 0 Å². The summed E-state index contributed by atoms with van der Waals surface area (Å²) in [7, 11) is 1.27. The van der Waals surface area contributed by atoms with Gasteiger partial charge in [0, 0.05) is 18.7 Å². The Morgan fingerprint density at radius 1 is 1.09 bits per heavy atom. The minimum atomic E-state index is -5.02. The first-order valence-corrected chi connectivity index (χ1v) is 10.3. The number of methoxy groups -OCH3 is 1. The maximum Gasteiger partial charge on any atom is 0.417 e. The van der Waals surface area contributed by atoms with Crippen LogP contribution in [0.4, 0.5) is 33.5 Å². The van der Waals surface area contributed by atoms with E-state index in [4.69, 9.17) is 15.2 Å². The van der Waals surface area contributed by atoms with Crippen LogP contribution in [0.3, 0.4) is 0 Å². The van der Waals surface area contributed by atoms with Crippen molar-refractivity contribution in [2.75, 3.05) is 44.4 Å². The van der Waals surface area contributed by atoms with Crippen molar-refractivity contribution in [2.24, 2.45) is 0 Å². The molecule has 0 radical (unpaired) electrons. The molecule has 0 saturated heterocycles. The van der Waals surface area contributed by atoms with Gasteiger partial charge in [0.1, 0.15) is 28.2 Å². The number of alkyl halides is 3. The van der Waals surface area contributed by atoms with Crippen molar-refractivity contribution in [3.05, 3.63) is 28.8 Å². The normalized spacial score (nSPS) is 14.8. The topological polar surface area (TPSA) is 107 Å². The Bertz CT molecular complexity index is 1250. The number of hydrogen-bond donors (Lipinski definition) is 3. The molecule has 3 aromatic rings. The average Bonchev–Trinajstić information content (AvgIpc) is 2.83. The molecule has 0 unspecified atom stereocenters. The molecule has 4 rings (SSSR count). The number of nitrogen functional groups attached to an aromatic ring is 1. The van der Waals surface area contributed by atoms with Crippen LogP contribution in [0.1, 0.15) is 17.5 Å². The van der Waals surface area contributed by atoms with E-state index in [0.717, 1.165) is 6.92 Å². The van der Waals surface area contributed by atoms with E-state index >= 15 is 4.39 Å². The van der Waals surface area contributed by atoms with Crippen molar-refractivity contribution in [3.8, 4) is 23.1 Å². The molecule has 8 nitrogen and oxygen atoms in total. The number of pyridine rings is 1. The molecule has 0 fully saturated rings. The SMILES string of the molecule is COc1nc2c3c(nc(-c4cc(N)c(F)c(C)c4C(F)(F)F)c(F)c3n1)OCCCNCCN2. The highest BCUT2D eigenvalue weighted by Gasteiger charge is 2.39. The smallest absolute Gasteiger partial charge is 0.417 e. The Balaban J connectivity index is 2.08. The van der Waals surface area contributed by atoms with Gasteiger partial charge in [-0.25, -0.2) is 13.8 Å². The highest BCUT2D eigenvalue weighted by atomic mass is 19.4. The fraction of sp³-hybridized carbons (Fsp3) is 0.381. The van der Waals surface area contributed by atoms with Gasteiger partial charge in [-0.15, -0.1) is 0 Å². The second kappa shape index (κ2) is 9.05. The second-order valence-corrected chi connectivity index (χ2v) is 7.57. The van der Waals surface area contributed by atoms with Crippen LogP contribution in [0.2, 0.25) is 0 Å². The van der Waals surface area contributed by atoms with Gasteiger partial charge in [-0.3, -0.25) is 0 Å². The molecule has 1 aliphatic rings. The Hall–Kier alpha value is -3.48. The molecule has 34 heavy (non-hydrogen) atoms. The number of nitrogens with two attached hydrogens (primary N) is 1. The van der Waals surface area contributed by atoms with Crippen LogP contribution < -0.4 is 25.8 Å². The van der Waals surface area contributed by atoms with Gasteiger partial charge in [0.25, 0.3) is 0 Å². The first-order chi connectivity index (χ1) is 16.1. The lowest BCUT2D eigenvalue weighted by Crippen LogP contribution is -2.24. The van der Waals surface area contributed by atoms with E-state index in [2.05, 4.69) is 25.6 Å². The zero-order valence-corrected chi connectivity index (χ0v) is 18.2. The highest BCUT2D eigenvalue weighted by molar-refractivity contribution is 5.96. The average molecular weight is 484 g/mol. The molecule has 182 valence electrons. The maximum absolute atomic E-state index is 15.8. The fourth-order valence-electron chi connectivity index (χ4n) is 3.75. The molecule has 3 heterocycles. The number of benzene rings is 1. The molecule has 2 aromatic heterocycles. The number of rotatable bonds is 2. The third-order valence-corrected chi connectivity index (χ3v) is 5.31. The summed E-state index contributed by atoms with van der Waals surface area (Å²) >= 11 is 0. The third-order valence-electron chi connectivity index (χ3n) is 5.31. The summed E-state index contributed by atoms with van der Waals surface area (Å²) in [4.78, 5) is 12.3. The summed E-state index contributed by atoms with van der Waals surface area (Å²) in [5, 5.41) is 6.24. The minimum absolute atomic E-state index is 0.0457. The zero-order valence-electron chi connectivity index (χ0n) is 18.2. The summed E-state index contributed by atoms with van der Waals surface area (Å²) < 4.78 is 82.7. The van der Waals surface area contributed by atoms with E-state index in [1.54, 1.807) is 0 Å². The highest BCUT2D eigenvalue weighted by Crippen LogP contribution is 2.44. The van der Waals surface area contributed by atoms with E-state index in [9.17, 15) is 17.6 Å². The maximum atomic E-state index is 15.8. The molecule has 4 N–H and O–H groups in total. The van der Waals surface area contributed by atoms with Gasteiger partial charge in [-0.05, 0) is 31.5 Å². The molecular formula is C21H21F5N6O2. The monoisotopic (exact) mass is 484 g/mol. The van der Waals surface area contributed by atoms with Crippen molar-refractivity contribution >= 4 is 22.4 Å². The standard InChI is InChI=1S/C21H21F5N6O2/c1-9-13(21(24,25)26)10(8-11(27)14(9)22)16-15(23)17-12-18(32-20(31-17)33-2)29-6-5-28-4-3-7-34-19(12)30-16/h8,28H,3-7,27H2,1-2H3,(H,29,31,32). The molecule has 0 spiro atoms. The van der Waals surface area contributed by atoms with Gasteiger partial charge < -0.3 is 25.8 Å². The van der Waals surface area contributed by atoms with Crippen LogP contribution >= 0.6 is 0 Å². The predicted octanol–water partition coefficient (Wildman–Crippen LogP) is 3.67. The second-order valence-electron chi connectivity index (χ2n) is 7.57. The van der Waals surface area contributed by atoms with Crippen molar-refractivity contribution in [1.29, 1.82) is 0 Å². The molecule has 1 aromatic carbocycles. The number of nitrogens with zero attached hydrogens (tertiary/aromatic N) is 3. The molecule has 0 saturated carbocycles. The molecule has 0 amide bonds. The number of nitrogens with one attached hydrogen (secondary N) is 2. The summed E-state index contributed by atoms with van der Waals surface area (Å²) in [5.74, 6) is -2.46. The van der Waals surface area contributed by atoms with Gasteiger partial charge >= 0.3 is 12.2 Å². The fourth-order valence-corrected chi connectivity index (χ4v) is 3.75. The lowest BCUT2D eigenvalue weighted by molar-refractivity contribution is -0.137.